The summed E-state index contributed by atoms with van der Waals surface area (Å²) in [7, 11) is 0. The zero-order valence-corrected chi connectivity index (χ0v) is 11.5. The molecule has 0 amide bonds. The molecule has 5 rings (SSSR count). The Labute approximate surface area is 118 Å². The zero-order chi connectivity index (χ0) is 13.7. The van der Waals surface area contributed by atoms with Crippen LogP contribution in [-0.4, -0.2) is 9.78 Å². The Bertz CT molecular complexity index is 599. The van der Waals surface area contributed by atoms with Crippen molar-refractivity contribution in [3.05, 3.63) is 28.2 Å². The van der Waals surface area contributed by atoms with E-state index in [4.69, 9.17) is 5.26 Å². The lowest BCUT2D eigenvalue weighted by Crippen LogP contribution is -2.44. The molecule has 4 heteroatoms. The van der Waals surface area contributed by atoms with Gasteiger partial charge in [0, 0.05) is 12.0 Å². The van der Waals surface area contributed by atoms with E-state index in [1.165, 1.54) is 36.8 Å². The van der Waals surface area contributed by atoms with Crippen LogP contribution in [-0.2, 0) is 6.54 Å². The van der Waals surface area contributed by atoms with Crippen LogP contribution in [0.4, 0.5) is 0 Å². The Morgan fingerprint density at radius 2 is 1.80 bits per heavy atom. The summed E-state index contributed by atoms with van der Waals surface area (Å²) in [5.41, 5.74) is 0.882. The molecule has 0 saturated heterocycles. The average molecular weight is 269 g/mol. The first-order valence-electron chi connectivity index (χ1n) is 7.69. The van der Waals surface area contributed by atoms with Gasteiger partial charge in [-0.05, 0) is 61.8 Å². The molecule has 0 spiro atoms. The normalized spacial score (nSPS) is 37.9. The van der Waals surface area contributed by atoms with Crippen molar-refractivity contribution >= 4 is 0 Å². The minimum absolute atomic E-state index is 0.0555. The Morgan fingerprint density at radius 3 is 2.40 bits per heavy atom. The molecule has 0 N–H and O–H groups in total. The van der Waals surface area contributed by atoms with Crippen molar-refractivity contribution in [3.8, 4) is 6.07 Å². The summed E-state index contributed by atoms with van der Waals surface area (Å²) in [5, 5.41) is 13.3. The van der Waals surface area contributed by atoms with Crippen molar-refractivity contribution in [1.82, 2.24) is 9.78 Å². The highest BCUT2D eigenvalue weighted by Crippen LogP contribution is 2.59. The maximum absolute atomic E-state index is 11.7. The van der Waals surface area contributed by atoms with Gasteiger partial charge < -0.3 is 0 Å². The highest BCUT2D eigenvalue weighted by molar-refractivity contribution is 5.16. The van der Waals surface area contributed by atoms with E-state index in [-0.39, 0.29) is 12.1 Å². The summed E-state index contributed by atoms with van der Waals surface area (Å²) in [6.07, 6.45) is 6.82. The number of aromatic nitrogens is 2. The second kappa shape index (κ2) is 4.44. The van der Waals surface area contributed by atoms with E-state index in [1.807, 2.05) is 12.1 Å². The Kier molecular flexibility index (Phi) is 2.70. The number of nitriles is 1. The fraction of sp³-hybridized carbons (Fsp3) is 0.688. The van der Waals surface area contributed by atoms with Gasteiger partial charge in [0.1, 0.15) is 6.54 Å². The average Bonchev–Trinajstić information content (AvgIpc) is 2.41. The molecule has 0 radical (unpaired) electrons. The van der Waals surface area contributed by atoms with E-state index in [9.17, 15) is 4.79 Å². The largest absolute Gasteiger partial charge is 0.268 e. The lowest BCUT2D eigenvalue weighted by molar-refractivity contribution is -0.00471. The van der Waals surface area contributed by atoms with E-state index in [0.29, 0.717) is 5.92 Å². The highest BCUT2D eigenvalue weighted by Gasteiger charge is 2.49. The third-order valence-corrected chi connectivity index (χ3v) is 5.68. The van der Waals surface area contributed by atoms with Gasteiger partial charge >= 0.3 is 0 Å². The fourth-order valence-corrected chi connectivity index (χ4v) is 5.23. The van der Waals surface area contributed by atoms with Crippen molar-refractivity contribution < 1.29 is 0 Å². The fourth-order valence-electron chi connectivity index (χ4n) is 5.23. The maximum Gasteiger partial charge on any atom is 0.267 e. The monoisotopic (exact) mass is 269 g/mol. The molecule has 0 unspecified atom stereocenters. The number of hydrogen-bond donors (Lipinski definition) is 0. The minimum Gasteiger partial charge on any atom is -0.268 e. The highest BCUT2D eigenvalue weighted by atomic mass is 16.1. The van der Waals surface area contributed by atoms with Gasteiger partial charge in [0.05, 0.1) is 11.8 Å². The SMILES string of the molecule is N#CCn1nc(C2C3CC4CC(C3)CC2C4)ccc1=O. The minimum atomic E-state index is -0.167. The summed E-state index contributed by atoms with van der Waals surface area (Å²) >= 11 is 0. The van der Waals surface area contributed by atoms with Crippen LogP contribution in [0.2, 0.25) is 0 Å². The van der Waals surface area contributed by atoms with Gasteiger partial charge in [0.15, 0.2) is 0 Å². The standard InChI is InChI=1S/C16H19N3O/c17-3-4-19-15(20)2-1-14(18-19)16-12-6-10-5-11(8-12)9-13(16)7-10/h1-2,10-13,16H,4-9H2. The Hall–Kier alpha value is -1.63. The molecule has 4 saturated carbocycles. The van der Waals surface area contributed by atoms with E-state index >= 15 is 0 Å². The van der Waals surface area contributed by atoms with Crippen LogP contribution < -0.4 is 5.56 Å². The van der Waals surface area contributed by atoms with Crippen molar-refractivity contribution in [2.75, 3.05) is 0 Å². The van der Waals surface area contributed by atoms with Crippen molar-refractivity contribution in [3.63, 3.8) is 0 Å². The predicted molar refractivity (Wildman–Crippen MR) is 73.9 cm³/mol. The summed E-state index contributed by atoms with van der Waals surface area (Å²) < 4.78 is 1.32. The second-order valence-electron chi connectivity index (χ2n) is 6.87. The quantitative estimate of drug-likeness (QED) is 0.827. The first-order valence-corrected chi connectivity index (χ1v) is 7.69. The van der Waals surface area contributed by atoms with Gasteiger partial charge in [-0.2, -0.15) is 10.4 Å². The lowest BCUT2D eigenvalue weighted by atomic mass is 9.51. The van der Waals surface area contributed by atoms with Crippen LogP contribution in [0, 0.1) is 35.0 Å². The van der Waals surface area contributed by atoms with Gasteiger partial charge in [-0.3, -0.25) is 4.79 Å². The van der Waals surface area contributed by atoms with E-state index < -0.39 is 0 Å². The van der Waals surface area contributed by atoms with Gasteiger partial charge in [-0.1, -0.05) is 0 Å². The van der Waals surface area contributed by atoms with Crippen molar-refractivity contribution in [2.24, 2.45) is 23.7 Å². The molecule has 4 aliphatic carbocycles. The first-order chi connectivity index (χ1) is 9.74. The molecule has 4 fully saturated rings. The number of nitrogens with zero attached hydrogens (tertiary/aromatic N) is 3. The lowest BCUT2D eigenvalue weighted by Gasteiger charge is -2.54. The zero-order valence-electron chi connectivity index (χ0n) is 11.5. The molecule has 4 nitrogen and oxygen atoms in total. The van der Waals surface area contributed by atoms with Gasteiger partial charge in [0.2, 0.25) is 0 Å². The van der Waals surface area contributed by atoms with Crippen LogP contribution in [0.15, 0.2) is 16.9 Å². The molecule has 4 bridgehead atoms. The van der Waals surface area contributed by atoms with E-state index in [0.717, 1.165) is 29.4 Å². The summed E-state index contributed by atoms with van der Waals surface area (Å²) in [4.78, 5) is 11.7. The van der Waals surface area contributed by atoms with Crippen LogP contribution in [0.5, 0.6) is 0 Å². The third kappa shape index (κ3) is 1.80. The van der Waals surface area contributed by atoms with Gasteiger partial charge in [-0.15, -0.1) is 0 Å². The van der Waals surface area contributed by atoms with Crippen LogP contribution in [0.1, 0.15) is 43.7 Å². The molecular weight excluding hydrogens is 250 g/mol. The predicted octanol–water partition coefficient (Wildman–Crippen LogP) is 2.31. The molecule has 1 heterocycles. The molecule has 4 aliphatic rings. The first kappa shape index (κ1) is 12.1. The molecule has 0 aliphatic heterocycles. The maximum atomic E-state index is 11.7. The summed E-state index contributed by atoms with van der Waals surface area (Å²) in [6, 6.07) is 5.51. The van der Waals surface area contributed by atoms with Crippen LogP contribution in [0.3, 0.4) is 0 Å². The topological polar surface area (TPSA) is 58.7 Å². The van der Waals surface area contributed by atoms with Crippen molar-refractivity contribution in [1.29, 1.82) is 5.26 Å². The molecule has 1 aromatic rings. The molecule has 104 valence electrons. The molecular formula is C16H19N3O. The van der Waals surface area contributed by atoms with Gasteiger partial charge in [-0.25, -0.2) is 4.68 Å². The molecule has 20 heavy (non-hydrogen) atoms. The van der Waals surface area contributed by atoms with E-state index in [2.05, 4.69) is 5.10 Å². The van der Waals surface area contributed by atoms with E-state index in [1.54, 1.807) is 6.07 Å². The summed E-state index contributed by atoms with van der Waals surface area (Å²) in [5.74, 6) is 3.92. The van der Waals surface area contributed by atoms with Gasteiger partial charge in [0.25, 0.3) is 5.56 Å². The molecule has 1 aromatic heterocycles. The Morgan fingerprint density at radius 1 is 1.15 bits per heavy atom. The van der Waals surface area contributed by atoms with Crippen LogP contribution >= 0.6 is 0 Å². The molecule has 0 aromatic carbocycles. The molecule has 0 atom stereocenters. The second-order valence-corrected chi connectivity index (χ2v) is 6.87. The number of hydrogen-bond acceptors (Lipinski definition) is 3. The Balaban J connectivity index is 1.69. The smallest absolute Gasteiger partial charge is 0.267 e. The summed E-state index contributed by atoms with van der Waals surface area (Å²) in [6.45, 7) is 0.0555. The third-order valence-electron chi connectivity index (χ3n) is 5.68. The van der Waals surface area contributed by atoms with Crippen molar-refractivity contribution in [2.45, 2.75) is 44.6 Å². The van der Waals surface area contributed by atoms with Crippen LogP contribution in [0.25, 0.3) is 0 Å². The number of rotatable bonds is 2.